The highest BCUT2D eigenvalue weighted by molar-refractivity contribution is 6.36. The van der Waals surface area contributed by atoms with Gasteiger partial charge in [0.1, 0.15) is 5.75 Å². The molecule has 0 unspecified atom stereocenters. The molecule has 4 heteroatoms. The van der Waals surface area contributed by atoms with E-state index in [1.807, 2.05) is 18.2 Å². The summed E-state index contributed by atoms with van der Waals surface area (Å²) in [6.45, 7) is 2.75. The Morgan fingerprint density at radius 2 is 2.31 bits per heavy atom. The van der Waals surface area contributed by atoms with Gasteiger partial charge in [0.05, 0.1) is 23.3 Å². The van der Waals surface area contributed by atoms with Gasteiger partial charge in [0.25, 0.3) is 0 Å². The van der Waals surface area contributed by atoms with Crippen LogP contribution in [0.25, 0.3) is 10.9 Å². The summed E-state index contributed by atoms with van der Waals surface area (Å²) in [7, 11) is 1.70. The van der Waals surface area contributed by atoms with Crippen molar-refractivity contribution < 1.29 is 4.74 Å². The van der Waals surface area contributed by atoms with Crippen LogP contribution < -0.4 is 10.1 Å². The van der Waals surface area contributed by atoms with E-state index in [0.29, 0.717) is 0 Å². The SMILES string of the molecule is COc1cccc2c(Cl)c3n(c12)CCNC3. The Kier molecular flexibility index (Phi) is 2.30. The predicted molar refractivity (Wildman–Crippen MR) is 65.2 cm³/mol. The van der Waals surface area contributed by atoms with E-state index in [4.69, 9.17) is 16.3 Å². The zero-order valence-electron chi connectivity index (χ0n) is 9.09. The molecule has 0 bridgehead atoms. The number of ether oxygens (including phenoxy) is 1. The molecule has 2 aromatic rings. The zero-order chi connectivity index (χ0) is 11.1. The lowest BCUT2D eigenvalue weighted by atomic mass is 10.2. The summed E-state index contributed by atoms with van der Waals surface area (Å²) in [5, 5.41) is 5.27. The highest BCUT2D eigenvalue weighted by Gasteiger charge is 2.20. The van der Waals surface area contributed by atoms with Crippen molar-refractivity contribution in [1.29, 1.82) is 0 Å². The van der Waals surface area contributed by atoms with E-state index in [1.54, 1.807) is 7.11 Å². The number of hydrogen-bond donors (Lipinski definition) is 1. The third kappa shape index (κ3) is 1.25. The second-order valence-corrected chi connectivity index (χ2v) is 4.32. The summed E-state index contributed by atoms with van der Waals surface area (Å²) in [6.07, 6.45) is 0. The van der Waals surface area contributed by atoms with Crippen LogP contribution in [0.5, 0.6) is 5.75 Å². The Morgan fingerprint density at radius 1 is 1.44 bits per heavy atom. The molecule has 1 N–H and O–H groups in total. The average molecular weight is 237 g/mol. The molecule has 0 saturated heterocycles. The van der Waals surface area contributed by atoms with Crippen molar-refractivity contribution in [3.63, 3.8) is 0 Å². The second kappa shape index (κ2) is 3.68. The van der Waals surface area contributed by atoms with Gasteiger partial charge in [0.2, 0.25) is 0 Å². The monoisotopic (exact) mass is 236 g/mol. The van der Waals surface area contributed by atoms with E-state index >= 15 is 0 Å². The van der Waals surface area contributed by atoms with Crippen LogP contribution in [0.15, 0.2) is 18.2 Å². The number of benzene rings is 1. The van der Waals surface area contributed by atoms with Crippen LogP contribution in [0.4, 0.5) is 0 Å². The van der Waals surface area contributed by atoms with Crippen LogP contribution in [-0.2, 0) is 13.1 Å². The maximum absolute atomic E-state index is 6.39. The van der Waals surface area contributed by atoms with Gasteiger partial charge in [-0.2, -0.15) is 0 Å². The standard InChI is InChI=1S/C12H13ClN2O/c1-16-10-4-2-3-8-11(13)9-7-14-5-6-15(9)12(8)10/h2-4,14H,5-7H2,1H3. The van der Waals surface area contributed by atoms with Crippen LogP contribution in [0, 0.1) is 0 Å². The fourth-order valence-corrected chi connectivity index (χ4v) is 2.69. The molecule has 0 amide bonds. The van der Waals surface area contributed by atoms with Gasteiger partial charge in [-0.05, 0) is 6.07 Å². The Morgan fingerprint density at radius 3 is 3.12 bits per heavy atom. The van der Waals surface area contributed by atoms with Gasteiger partial charge < -0.3 is 14.6 Å². The Bertz CT molecular complexity index is 547. The first-order valence-electron chi connectivity index (χ1n) is 5.37. The van der Waals surface area contributed by atoms with Crippen LogP contribution in [0.1, 0.15) is 5.69 Å². The van der Waals surface area contributed by atoms with Gasteiger partial charge in [0.15, 0.2) is 0 Å². The minimum atomic E-state index is 0.830. The number of nitrogens with zero attached hydrogens (tertiary/aromatic N) is 1. The molecule has 0 atom stereocenters. The number of rotatable bonds is 1. The second-order valence-electron chi connectivity index (χ2n) is 3.95. The summed E-state index contributed by atoms with van der Waals surface area (Å²) < 4.78 is 7.66. The largest absolute Gasteiger partial charge is 0.495 e. The van der Waals surface area contributed by atoms with E-state index in [-0.39, 0.29) is 0 Å². The van der Waals surface area contributed by atoms with Gasteiger partial charge in [-0.3, -0.25) is 0 Å². The van der Waals surface area contributed by atoms with Gasteiger partial charge >= 0.3 is 0 Å². The first-order chi connectivity index (χ1) is 7.83. The van der Waals surface area contributed by atoms with E-state index in [0.717, 1.165) is 47.0 Å². The van der Waals surface area contributed by atoms with Crippen molar-refractivity contribution in [2.75, 3.05) is 13.7 Å². The average Bonchev–Trinajstić information content (AvgIpc) is 2.64. The molecule has 2 heterocycles. The van der Waals surface area contributed by atoms with E-state index in [1.165, 1.54) is 0 Å². The van der Waals surface area contributed by atoms with Crippen molar-refractivity contribution in [2.24, 2.45) is 0 Å². The van der Waals surface area contributed by atoms with E-state index in [9.17, 15) is 0 Å². The lowest BCUT2D eigenvalue weighted by Gasteiger charge is -2.18. The highest BCUT2D eigenvalue weighted by Crippen LogP contribution is 2.36. The number of fused-ring (bicyclic) bond motifs is 3. The molecule has 16 heavy (non-hydrogen) atoms. The van der Waals surface area contributed by atoms with Crippen molar-refractivity contribution in [3.8, 4) is 5.75 Å². The molecular weight excluding hydrogens is 224 g/mol. The van der Waals surface area contributed by atoms with Crippen LogP contribution >= 0.6 is 11.6 Å². The highest BCUT2D eigenvalue weighted by atomic mass is 35.5. The maximum Gasteiger partial charge on any atom is 0.143 e. The van der Waals surface area contributed by atoms with Crippen molar-refractivity contribution >= 4 is 22.5 Å². The molecular formula is C12H13ClN2O. The zero-order valence-corrected chi connectivity index (χ0v) is 9.84. The van der Waals surface area contributed by atoms with Gasteiger partial charge in [-0.15, -0.1) is 0 Å². The number of para-hydroxylation sites is 1. The quantitative estimate of drug-likeness (QED) is 0.823. The number of hydrogen-bond acceptors (Lipinski definition) is 2. The first-order valence-corrected chi connectivity index (χ1v) is 5.75. The normalized spacial score (nSPS) is 15.1. The number of nitrogens with one attached hydrogen (secondary N) is 1. The van der Waals surface area contributed by atoms with Crippen LogP contribution in [-0.4, -0.2) is 18.2 Å². The van der Waals surface area contributed by atoms with Crippen molar-refractivity contribution in [3.05, 3.63) is 28.9 Å². The minimum Gasteiger partial charge on any atom is -0.495 e. The van der Waals surface area contributed by atoms with Crippen molar-refractivity contribution in [1.82, 2.24) is 9.88 Å². The van der Waals surface area contributed by atoms with E-state index < -0.39 is 0 Å². The maximum atomic E-state index is 6.39. The summed E-state index contributed by atoms with van der Waals surface area (Å²) in [4.78, 5) is 0. The molecule has 0 spiro atoms. The number of aromatic nitrogens is 1. The smallest absolute Gasteiger partial charge is 0.143 e. The van der Waals surface area contributed by atoms with Crippen LogP contribution in [0.3, 0.4) is 0 Å². The molecule has 1 aromatic carbocycles. The van der Waals surface area contributed by atoms with E-state index in [2.05, 4.69) is 9.88 Å². The Labute approximate surface area is 99.0 Å². The molecule has 1 aliphatic rings. The topological polar surface area (TPSA) is 26.2 Å². The van der Waals surface area contributed by atoms with Crippen molar-refractivity contribution in [2.45, 2.75) is 13.1 Å². The lowest BCUT2D eigenvalue weighted by molar-refractivity contribution is 0.415. The summed E-state index contributed by atoms with van der Waals surface area (Å²) in [6, 6.07) is 6.01. The fraction of sp³-hybridized carbons (Fsp3) is 0.333. The molecule has 0 fully saturated rings. The molecule has 1 aromatic heterocycles. The molecule has 3 nitrogen and oxygen atoms in total. The summed E-state index contributed by atoms with van der Waals surface area (Å²) >= 11 is 6.39. The molecule has 84 valence electrons. The number of methoxy groups -OCH3 is 1. The Balaban J connectivity index is 2.40. The third-order valence-corrected chi connectivity index (χ3v) is 3.53. The molecule has 3 rings (SSSR count). The van der Waals surface area contributed by atoms with Gasteiger partial charge in [-0.1, -0.05) is 23.7 Å². The molecule has 0 aliphatic carbocycles. The molecule has 0 radical (unpaired) electrons. The molecule has 1 aliphatic heterocycles. The Hall–Kier alpha value is -1.19. The predicted octanol–water partition coefficient (Wildman–Crippen LogP) is 2.41. The van der Waals surface area contributed by atoms with Crippen LogP contribution in [0.2, 0.25) is 5.02 Å². The minimum absolute atomic E-state index is 0.830. The lowest BCUT2D eigenvalue weighted by Crippen LogP contribution is -2.27. The third-order valence-electron chi connectivity index (χ3n) is 3.11. The first kappa shape index (κ1) is 10.00. The van der Waals surface area contributed by atoms with Gasteiger partial charge in [0, 0.05) is 25.0 Å². The number of halogens is 1. The van der Waals surface area contributed by atoms with Gasteiger partial charge in [-0.25, -0.2) is 0 Å². The summed E-state index contributed by atoms with van der Waals surface area (Å²) in [5.74, 6) is 0.896. The molecule has 0 saturated carbocycles. The summed E-state index contributed by atoms with van der Waals surface area (Å²) in [5.41, 5.74) is 2.28. The fourth-order valence-electron chi connectivity index (χ4n) is 2.37.